The molecule has 0 saturated heterocycles. The van der Waals surface area contributed by atoms with E-state index in [2.05, 4.69) is 35.7 Å². The number of aromatic nitrogens is 6. The lowest BCUT2D eigenvalue weighted by atomic mass is 10.8. The van der Waals surface area contributed by atoms with Crippen LogP contribution in [0.2, 0.25) is 0 Å². The predicted octanol–water partition coefficient (Wildman–Crippen LogP) is 0.191. The Kier molecular flexibility index (Phi) is 5.47. The van der Waals surface area contributed by atoms with E-state index in [0.717, 1.165) is 0 Å². The summed E-state index contributed by atoms with van der Waals surface area (Å²) in [4.78, 5) is 27.9. The third-order valence-electron chi connectivity index (χ3n) is 2.37. The molecule has 0 fully saturated rings. The molecule has 10 nitrogen and oxygen atoms in total. The van der Waals surface area contributed by atoms with E-state index < -0.39 is 0 Å². The molecule has 2 heterocycles. The van der Waals surface area contributed by atoms with Gasteiger partial charge in [0.15, 0.2) is 0 Å². The Morgan fingerprint density at radius 1 is 1.27 bits per heavy atom. The zero-order valence-corrected chi connectivity index (χ0v) is 13.2. The van der Waals surface area contributed by atoms with E-state index in [9.17, 15) is 4.79 Å². The largest absolute Gasteiger partial charge is 0.465 e. The number of nitrogens with one attached hydrogen (secondary N) is 2. The summed E-state index contributed by atoms with van der Waals surface area (Å²) in [5, 5.41) is 10.3. The Hall–Kier alpha value is -2.43. The molecule has 0 unspecified atom stereocenters. The van der Waals surface area contributed by atoms with Gasteiger partial charge in [0.05, 0.1) is 12.4 Å². The fourth-order valence-electron chi connectivity index (χ4n) is 1.43. The van der Waals surface area contributed by atoms with Gasteiger partial charge >= 0.3 is 5.97 Å². The second-order valence-corrected chi connectivity index (χ2v) is 4.79. The van der Waals surface area contributed by atoms with Crippen LogP contribution in [0.3, 0.4) is 0 Å². The summed E-state index contributed by atoms with van der Waals surface area (Å²) in [5.41, 5.74) is 0. The van der Waals surface area contributed by atoms with Crippen LogP contribution in [0.4, 0.5) is 11.9 Å². The quantitative estimate of drug-likeness (QED) is 0.539. The highest BCUT2D eigenvalue weighted by Gasteiger charge is 2.11. The zero-order valence-electron chi connectivity index (χ0n) is 12.4. The summed E-state index contributed by atoms with van der Waals surface area (Å²) < 4.78 is 6.26. The molecule has 11 heteroatoms. The number of hydrogen-bond donors (Lipinski definition) is 2. The lowest BCUT2D eigenvalue weighted by Crippen LogP contribution is -2.10. The number of rotatable bonds is 7. The number of esters is 1. The van der Waals surface area contributed by atoms with Crippen molar-refractivity contribution >= 4 is 29.6 Å². The van der Waals surface area contributed by atoms with Crippen molar-refractivity contribution in [2.45, 2.75) is 12.1 Å². The molecule has 2 N–H and O–H groups in total. The van der Waals surface area contributed by atoms with Crippen molar-refractivity contribution in [2.75, 3.05) is 37.1 Å². The van der Waals surface area contributed by atoms with E-state index >= 15 is 0 Å². The Morgan fingerprint density at radius 2 is 1.95 bits per heavy atom. The molecule has 2 aromatic heterocycles. The van der Waals surface area contributed by atoms with Crippen LogP contribution >= 0.6 is 11.8 Å². The Bertz CT molecular complexity index is 625. The molecule has 0 atom stereocenters. The fourth-order valence-corrected chi connectivity index (χ4v) is 2.02. The number of carbonyl (C=O) groups excluding carboxylic acids is 1. The van der Waals surface area contributed by atoms with E-state index in [0.29, 0.717) is 29.6 Å². The first-order chi connectivity index (χ1) is 10.7. The summed E-state index contributed by atoms with van der Waals surface area (Å²) in [6.07, 6.45) is 1.47. The molecule has 0 amide bonds. The minimum absolute atomic E-state index is 0.151. The standard InChI is InChI=1S/C11H16N8O2S/c1-4-21-7(20)5-22-11-14-6-19(18-11)10-16-8(12-2)15-9(13-3)17-10/h6H,4-5H2,1-3H3,(H2,12,13,15,16,17). The first-order valence-corrected chi connectivity index (χ1v) is 7.46. The average molecular weight is 324 g/mol. The maximum absolute atomic E-state index is 11.3. The summed E-state index contributed by atoms with van der Waals surface area (Å²) >= 11 is 1.18. The molecule has 0 aliphatic carbocycles. The molecule has 118 valence electrons. The van der Waals surface area contributed by atoms with Crippen molar-refractivity contribution in [1.82, 2.24) is 29.7 Å². The maximum atomic E-state index is 11.3. The Balaban J connectivity index is 2.12. The van der Waals surface area contributed by atoms with E-state index in [1.807, 2.05) is 0 Å². The number of nitrogens with zero attached hydrogens (tertiary/aromatic N) is 6. The molecule has 0 spiro atoms. The van der Waals surface area contributed by atoms with E-state index in [4.69, 9.17) is 4.74 Å². The lowest BCUT2D eigenvalue weighted by Gasteiger charge is -2.05. The molecule has 0 aliphatic rings. The monoisotopic (exact) mass is 324 g/mol. The van der Waals surface area contributed by atoms with Gasteiger partial charge in [-0.05, 0) is 6.92 Å². The minimum Gasteiger partial charge on any atom is -0.465 e. The highest BCUT2D eigenvalue weighted by molar-refractivity contribution is 7.99. The van der Waals surface area contributed by atoms with Gasteiger partial charge in [0.2, 0.25) is 17.1 Å². The molecule has 0 radical (unpaired) electrons. The van der Waals surface area contributed by atoms with Crippen LogP contribution < -0.4 is 10.6 Å². The molecule has 2 aromatic rings. The minimum atomic E-state index is -0.307. The highest BCUT2D eigenvalue weighted by atomic mass is 32.2. The van der Waals surface area contributed by atoms with Gasteiger partial charge in [-0.15, -0.1) is 5.10 Å². The van der Waals surface area contributed by atoms with Crippen LogP contribution in [0.1, 0.15) is 6.92 Å². The van der Waals surface area contributed by atoms with E-state index in [1.165, 1.54) is 22.8 Å². The second kappa shape index (κ2) is 7.54. The summed E-state index contributed by atoms with van der Waals surface area (Å²) in [7, 11) is 3.42. The van der Waals surface area contributed by atoms with Crippen molar-refractivity contribution in [3.63, 3.8) is 0 Å². The van der Waals surface area contributed by atoms with Crippen molar-refractivity contribution in [3.8, 4) is 5.95 Å². The number of carbonyl (C=O) groups is 1. The van der Waals surface area contributed by atoms with E-state index in [-0.39, 0.29) is 11.7 Å². The number of anilines is 2. The molecule has 22 heavy (non-hydrogen) atoms. The van der Waals surface area contributed by atoms with Crippen LogP contribution in [0.25, 0.3) is 5.95 Å². The number of thioether (sulfide) groups is 1. The Morgan fingerprint density at radius 3 is 2.55 bits per heavy atom. The van der Waals surface area contributed by atoms with Crippen molar-refractivity contribution in [3.05, 3.63) is 6.33 Å². The lowest BCUT2D eigenvalue weighted by molar-refractivity contribution is -0.139. The first kappa shape index (κ1) is 15.9. The van der Waals surface area contributed by atoms with Crippen LogP contribution in [-0.4, -0.2) is 62.1 Å². The summed E-state index contributed by atoms with van der Waals surface area (Å²) in [6, 6.07) is 0. The average Bonchev–Trinajstić information content (AvgIpc) is 3.01. The number of hydrogen-bond acceptors (Lipinski definition) is 10. The SMILES string of the molecule is CCOC(=O)CSc1ncn(-c2nc(NC)nc(NC)n2)n1. The first-order valence-electron chi connectivity index (χ1n) is 6.48. The van der Waals surface area contributed by atoms with Gasteiger partial charge in [0.25, 0.3) is 5.95 Å². The van der Waals surface area contributed by atoms with E-state index in [1.54, 1.807) is 21.0 Å². The van der Waals surface area contributed by atoms with Gasteiger partial charge in [-0.25, -0.2) is 4.98 Å². The maximum Gasteiger partial charge on any atom is 0.316 e. The normalized spacial score (nSPS) is 10.3. The van der Waals surface area contributed by atoms with Gasteiger partial charge in [-0.1, -0.05) is 11.8 Å². The van der Waals surface area contributed by atoms with Gasteiger partial charge in [0.1, 0.15) is 6.33 Å². The summed E-state index contributed by atoms with van der Waals surface area (Å²) in [6.45, 7) is 2.11. The molecule has 0 saturated carbocycles. The van der Waals surface area contributed by atoms with Crippen LogP contribution in [0.15, 0.2) is 11.5 Å². The van der Waals surface area contributed by atoms with Crippen LogP contribution in [0, 0.1) is 0 Å². The molecule has 0 bridgehead atoms. The van der Waals surface area contributed by atoms with Crippen molar-refractivity contribution in [2.24, 2.45) is 0 Å². The van der Waals surface area contributed by atoms with Gasteiger partial charge < -0.3 is 15.4 Å². The van der Waals surface area contributed by atoms with Crippen LogP contribution in [0.5, 0.6) is 0 Å². The number of ether oxygens (including phenoxy) is 1. The van der Waals surface area contributed by atoms with Gasteiger partial charge in [0, 0.05) is 14.1 Å². The topological polar surface area (TPSA) is 120 Å². The summed E-state index contributed by atoms with van der Waals surface area (Å²) in [5.74, 6) is 0.979. The molecular formula is C11H16N8O2S. The highest BCUT2D eigenvalue weighted by Crippen LogP contribution is 2.14. The molecule has 0 aromatic carbocycles. The third-order valence-corrected chi connectivity index (χ3v) is 3.20. The molecule has 2 rings (SSSR count). The molecular weight excluding hydrogens is 308 g/mol. The second-order valence-electron chi connectivity index (χ2n) is 3.85. The predicted molar refractivity (Wildman–Crippen MR) is 81.2 cm³/mol. The molecule has 0 aliphatic heterocycles. The van der Waals surface area contributed by atoms with Gasteiger partial charge in [-0.2, -0.15) is 19.6 Å². The smallest absolute Gasteiger partial charge is 0.316 e. The zero-order chi connectivity index (χ0) is 15.9. The van der Waals surface area contributed by atoms with Crippen molar-refractivity contribution in [1.29, 1.82) is 0 Å². The third kappa shape index (κ3) is 4.04. The van der Waals surface area contributed by atoms with Gasteiger partial charge in [-0.3, -0.25) is 4.79 Å². The Labute approximate surface area is 131 Å². The van der Waals surface area contributed by atoms with Crippen LogP contribution in [-0.2, 0) is 9.53 Å². The van der Waals surface area contributed by atoms with Crippen molar-refractivity contribution < 1.29 is 9.53 Å². The fraction of sp³-hybridized carbons (Fsp3) is 0.455.